The fraction of sp³-hybridized carbons (Fsp3) is 0.588. The molecule has 4 nitrogen and oxygen atoms in total. The number of hydrogen-bond donors (Lipinski definition) is 1. The summed E-state index contributed by atoms with van der Waals surface area (Å²) in [7, 11) is 1.45. The van der Waals surface area contributed by atoms with Crippen LogP contribution in [0.4, 0.5) is 0 Å². The zero-order valence-corrected chi connectivity index (χ0v) is 13.7. The van der Waals surface area contributed by atoms with Gasteiger partial charge >= 0.3 is 5.97 Å². The Labute approximate surface area is 128 Å². The number of esters is 1. The fourth-order valence-corrected chi connectivity index (χ4v) is 2.70. The van der Waals surface area contributed by atoms with Crippen LogP contribution in [0.3, 0.4) is 0 Å². The second-order valence-electron chi connectivity index (χ2n) is 5.16. The van der Waals surface area contributed by atoms with E-state index in [4.69, 9.17) is 4.74 Å². The Balaban J connectivity index is 3.21. The van der Waals surface area contributed by atoms with Crippen molar-refractivity contribution in [1.29, 1.82) is 0 Å². The predicted molar refractivity (Wildman–Crippen MR) is 86.2 cm³/mol. The van der Waals surface area contributed by atoms with Crippen molar-refractivity contribution in [3.8, 4) is 0 Å². The van der Waals surface area contributed by atoms with Gasteiger partial charge in [0.05, 0.1) is 7.11 Å². The van der Waals surface area contributed by atoms with Gasteiger partial charge in [-0.2, -0.15) is 0 Å². The Kier molecular flexibility index (Phi) is 7.40. The van der Waals surface area contributed by atoms with Gasteiger partial charge in [0.25, 0.3) is 0 Å². The highest BCUT2D eigenvalue weighted by atomic mass is 16.5. The van der Waals surface area contributed by atoms with Crippen LogP contribution in [0.1, 0.15) is 32.8 Å². The third-order valence-electron chi connectivity index (χ3n) is 3.73. The summed E-state index contributed by atoms with van der Waals surface area (Å²) in [4.78, 5) is 14.9. The fourth-order valence-electron chi connectivity index (χ4n) is 2.70. The van der Waals surface area contributed by atoms with Gasteiger partial charge in [0, 0.05) is 6.54 Å². The monoisotopic (exact) mass is 292 g/mol. The van der Waals surface area contributed by atoms with Gasteiger partial charge in [-0.05, 0) is 31.6 Å². The van der Waals surface area contributed by atoms with Gasteiger partial charge in [0.15, 0.2) is 5.54 Å². The van der Waals surface area contributed by atoms with E-state index in [0.29, 0.717) is 13.1 Å². The topological polar surface area (TPSA) is 41.6 Å². The normalized spacial score (nSPS) is 14.0. The Morgan fingerprint density at radius 2 is 1.90 bits per heavy atom. The summed E-state index contributed by atoms with van der Waals surface area (Å²) in [5.41, 5.74) is 0.143. The molecule has 0 saturated carbocycles. The Hall–Kier alpha value is -1.39. The van der Waals surface area contributed by atoms with Crippen LogP contribution in [0.2, 0.25) is 0 Å². The van der Waals surface area contributed by atoms with Crippen molar-refractivity contribution in [2.45, 2.75) is 32.7 Å². The molecule has 0 radical (unpaired) electrons. The highest BCUT2D eigenvalue weighted by Gasteiger charge is 2.41. The van der Waals surface area contributed by atoms with Gasteiger partial charge in [-0.3, -0.25) is 5.32 Å². The molecule has 21 heavy (non-hydrogen) atoms. The standard InChI is InChI=1S/C17H28N2O2/c1-5-13-19(7-3)14-17(18-6-2,16(20)21-4)15-11-9-8-10-12-15/h8-12,18H,5-7,13-14H2,1-4H3. The minimum Gasteiger partial charge on any atom is -0.467 e. The van der Waals surface area contributed by atoms with Gasteiger partial charge in [-0.25, -0.2) is 4.79 Å². The summed E-state index contributed by atoms with van der Waals surface area (Å²) in [6.45, 7) is 9.47. The van der Waals surface area contributed by atoms with Gasteiger partial charge in [-0.15, -0.1) is 0 Å². The third kappa shape index (κ3) is 4.29. The number of carbonyl (C=O) groups is 1. The molecular formula is C17H28N2O2. The van der Waals surface area contributed by atoms with Crippen LogP contribution >= 0.6 is 0 Å². The van der Waals surface area contributed by atoms with Crippen LogP contribution in [0, 0.1) is 0 Å². The van der Waals surface area contributed by atoms with E-state index in [1.165, 1.54) is 7.11 Å². The lowest BCUT2D eigenvalue weighted by Gasteiger charge is -2.36. The maximum atomic E-state index is 12.6. The number of hydrogen-bond acceptors (Lipinski definition) is 4. The number of carbonyl (C=O) groups excluding carboxylic acids is 1. The third-order valence-corrected chi connectivity index (χ3v) is 3.73. The predicted octanol–water partition coefficient (Wildman–Crippen LogP) is 2.40. The molecule has 0 aliphatic rings. The SMILES string of the molecule is CCCN(CC)CC(NCC)(C(=O)OC)c1ccccc1. The zero-order valence-electron chi connectivity index (χ0n) is 13.7. The smallest absolute Gasteiger partial charge is 0.332 e. The molecule has 118 valence electrons. The molecule has 0 fully saturated rings. The first-order valence-electron chi connectivity index (χ1n) is 7.75. The molecule has 1 aromatic carbocycles. The summed E-state index contributed by atoms with van der Waals surface area (Å²) >= 11 is 0. The van der Waals surface area contributed by atoms with Crippen LogP contribution in [0.15, 0.2) is 30.3 Å². The maximum Gasteiger partial charge on any atom is 0.332 e. The molecule has 0 aliphatic carbocycles. The van der Waals surface area contributed by atoms with Crippen LogP contribution in [-0.2, 0) is 15.1 Å². The van der Waals surface area contributed by atoms with Crippen LogP contribution in [0.5, 0.6) is 0 Å². The lowest BCUT2D eigenvalue weighted by molar-refractivity contribution is -0.150. The number of benzene rings is 1. The lowest BCUT2D eigenvalue weighted by Crippen LogP contribution is -2.57. The summed E-state index contributed by atoms with van der Waals surface area (Å²) in [5.74, 6) is -0.231. The van der Waals surface area contributed by atoms with E-state index in [0.717, 1.165) is 25.1 Å². The quantitative estimate of drug-likeness (QED) is 0.710. The molecule has 1 unspecified atom stereocenters. The zero-order chi connectivity index (χ0) is 15.7. The summed E-state index contributed by atoms with van der Waals surface area (Å²) in [6.07, 6.45) is 1.06. The molecule has 0 saturated heterocycles. The maximum absolute atomic E-state index is 12.6. The molecule has 1 rings (SSSR count). The van der Waals surface area contributed by atoms with Crippen molar-refractivity contribution in [2.75, 3.05) is 33.3 Å². The largest absolute Gasteiger partial charge is 0.467 e. The molecule has 0 aromatic heterocycles. The first kappa shape index (κ1) is 17.7. The van der Waals surface area contributed by atoms with E-state index in [1.54, 1.807) is 0 Å². The molecule has 0 spiro atoms. The van der Waals surface area contributed by atoms with Gasteiger partial charge < -0.3 is 9.64 Å². The second kappa shape index (κ2) is 8.80. The molecule has 1 N–H and O–H groups in total. The average Bonchev–Trinajstić information content (AvgIpc) is 2.53. The molecular weight excluding hydrogens is 264 g/mol. The van der Waals surface area contributed by atoms with Crippen molar-refractivity contribution in [1.82, 2.24) is 10.2 Å². The average molecular weight is 292 g/mol. The second-order valence-corrected chi connectivity index (χ2v) is 5.16. The molecule has 0 heterocycles. The Morgan fingerprint density at radius 3 is 2.38 bits per heavy atom. The number of likely N-dealkylation sites (N-methyl/N-ethyl adjacent to an activating group) is 2. The molecule has 4 heteroatoms. The number of rotatable bonds is 9. The number of methoxy groups -OCH3 is 1. The highest BCUT2D eigenvalue weighted by Crippen LogP contribution is 2.24. The van der Waals surface area contributed by atoms with E-state index in [1.807, 2.05) is 37.3 Å². The van der Waals surface area contributed by atoms with E-state index in [2.05, 4.69) is 24.1 Å². The summed E-state index contributed by atoms with van der Waals surface area (Å²) < 4.78 is 5.12. The van der Waals surface area contributed by atoms with Crippen LogP contribution in [-0.4, -0.2) is 44.2 Å². The molecule has 0 aliphatic heterocycles. The summed E-state index contributed by atoms with van der Waals surface area (Å²) in [6, 6.07) is 9.85. The first-order chi connectivity index (χ1) is 10.1. The molecule has 1 atom stereocenters. The van der Waals surface area contributed by atoms with Gasteiger partial charge in [-0.1, -0.05) is 51.1 Å². The molecule has 0 bridgehead atoms. The van der Waals surface area contributed by atoms with Crippen molar-refractivity contribution >= 4 is 5.97 Å². The molecule has 1 aromatic rings. The highest BCUT2D eigenvalue weighted by molar-refractivity contribution is 5.83. The van der Waals surface area contributed by atoms with Crippen LogP contribution in [0.25, 0.3) is 0 Å². The minimum atomic E-state index is -0.810. The van der Waals surface area contributed by atoms with Crippen molar-refractivity contribution in [3.63, 3.8) is 0 Å². The summed E-state index contributed by atoms with van der Waals surface area (Å²) in [5, 5.41) is 3.37. The van der Waals surface area contributed by atoms with Crippen molar-refractivity contribution in [2.24, 2.45) is 0 Å². The first-order valence-corrected chi connectivity index (χ1v) is 7.75. The van der Waals surface area contributed by atoms with E-state index in [9.17, 15) is 4.79 Å². The van der Waals surface area contributed by atoms with Gasteiger partial charge in [0.1, 0.15) is 0 Å². The lowest BCUT2D eigenvalue weighted by atomic mass is 9.88. The van der Waals surface area contributed by atoms with Gasteiger partial charge in [0.2, 0.25) is 0 Å². The van der Waals surface area contributed by atoms with Crippen molar-refractivity contribution in [3.05, 3.63) is 35.9 Å². The Bertz CT molecular complexity index is 422. The van der Waals surface area contributed by atoms with Crippen LogP contribution < -0.4 is 5.32 Å². The Morgan fingerprint density at radius 1 is 1.24 bits per heavy atom. The number of nitrogens with zero attached hydrogens (tertiary/aromatic N) is 1. The minimum absolute atomic E-state index is 0.231. The number of ether oxygens (including phenoxy) is 1. The van der Waals surface area contributed by atoms with E-state index >= 15 is 0 Å². The van der Waals surface area contributed by atoms with E-state index in [-0.39, 0.29) is 5.97 Å². The van der Waals surface area contributed by atoms with E-state index < -0.39 is 5.54 Å². The molecule has 0 amide bonds. The number of nitrogens with one attached hydrogen (secondary N) is 1. The van der Waals surface area contributed by atoms with Crippen molar-refractivity contribution < 1.29 is 9.53 Å².